The molecule has 1 amide bonds. The standard InChI is InChI=1S/C17H26N2O2S/c1-13(20)14-7-10-19(11-8-14)12-9-17(21)18-15-5-3-4-6-16(15)22-2/h3-6,13-14,20H,7-12H2,1-2H3,(H,18,21). The van der Waals surface area contributed by atoms with Gasteiger partial charge >= 0.3 is 0 Å². The van der Waals surface area contributed by atoms with E-state index in [0.29, 0.717) is 12.3 Å². The van der Waals surface area contributed by atoms with Crippen molar-refractivity contribution in [3.05, 3.63) is 24.3 Å². The number of aliphatic hydroxyl groups is 1. The molecule has 2 rings (SSSR count). The Kier molecular flexibility index (Phi) is 6.73. The van der Waals surface area contributed by atoms with Gasteiger partial charge in [-0.15, -0.1) is 11.8 Å². The van der Waals surface area contributed by atoms with Gasteiger partial charge in [-0.2, -0.15) is 0 Å². The van der Waals surface area contributed by atoms with Crippen LogP contribution in [-0.4, -0.2) is 47.9 Å². The van der Waals surface area contributed by atoms with Gasteiger partial charge in [0.1, 0.15) is 0 Å². The third-order valence-electron chi connectivity index (χ3n) is 4.35. The molecule has 1 aliphatic heterocycles. The average Bonchev–Trinajstić information content (AvgIpc) is 2.54. The molecule has 0 aliphatic carbocycles. The van der Waals surface area contributed by atoms with Crippen molar-refractivity contribution in [1.82, 2.24) is 4.90 Å². The molecule has 122 valence electrons. The maximum atomic E-state index is 12.1. The van der Waals surface area contributed by atoms with Gasteiger partial charge in [0, 0.05) is 17.9 Å². The third kappa shape index (κ3) is 5.00. The van der Waals surface area contributed by atoms with Crippen molar-refractivity contribution < 1.29 is 9.90 Å². The number of nitrogens with zero attached hydrogens (tertiary/aromatic N) is 1. The number of carbonyl (C=O) groups excluding carboxylic acids is 1. The first-order chi connectivity index (χ1) is 10.6. The Morgan fingerprint density at radius 2 is 2.09 bits per heavy atom. The van der Waals surface area contributed by atoms with Gasteiger partial charge in [-0.25, -0.2) is 0 Å². The summed E-state index contributed by atoms with van der Waals surface area (Å²) in [5.41, 5.74) is 0.896. The fourth-order valence-electron chi connectivity index (χ4n) is 2.88. The van der Waals surface area contributed by atoms with E-state index in [0.717, 1.165) is 43.1 Å². The van der Waals surface area contributed by atoms with E-state index in [1.807, 2.05) is 37.4 Å². The molecule has 1 unspecified atom stereocenters. The van der Waals surface area contributed by atoms with E-state index < -0.39 is 0 Å². The zero-order chi connectivity index (χ0) is 15.9. The molecular formula is C17H26N2O2S. The van der Waals surface area contributed by atoms with Crippen LogP contribution in [0.5, 0.6) is 0 Å². The molecule has 1 heterocycles. The first-order valence-electron chi connectivity index (χ1n) is 7.93. The fraction of sp³-hybridized carbons (Fsp3) is 0.588. The van der Waals surface area contributed by atoms with E-state index in [1.54, 1.807) is 11.8 Å². The molecule has 5 heteroatoms. The summed E-state index contributed by atoms with van der Waals surface area (Å²) in [5, 5.41) is 12.6. The normalized spacial score (nSPS) is 18.1. The molecule has 1 saturated heterocycles. The van der Waals surface area contributed by atoms with Crippen LogP contribution in [0.2, 0.25) is 0 Å². The minimum Gasteiger partial charge on any atom is -0.393 e. The number of aliphatic hydroxyl groups excluding tert-OH is 1. The summed E-state index contributed by atoms with van der Waals surface area (Å²) in [4.78, 5) is 15.5. The topological polar surface area (TPSA) is 52.6 Å². The lowest BCUT2D eigenvalue weighted by Gasteiger charge is -2.33. The highest BCUT2D eigenvalue weighted by Crippen LogP contribution is 2.25. The first-order valence-corrected chi connectivity index (χ1v) is 9.16. The van der Waals surface area contributed by atoms with E-state index in [-0.39, 0.29) is 12.0 Å². The zero-order valence-electron chi connectivity index (χ0n) is 13.4. The Labute approximate surface area is 137 Å². The lowest BCUT2D eigenvalue weighted by molar-refractivity contribution is -0.116. The smallest absolute Gasteiger partial charge is 0.225 e. The van der Waals surface area contributed by atoms with Gasteiger partial charge in [0.2, 0.25) is 5.91 Å². The molecular weight excluding hydrogens is 296 g/mol. The highest BCUT2D eigenvalue weighted by Gasteiger charge is 2.22. The molecule has 0 aromatic heterocycles. The second-order valence-electron chi connectivity index (χ2n) is 5.92. The molecule has 0 spiro atoms. The van der Waals surface area contributed by atoms with Crippen molar-refractivity contribution in [3.63, 3.8) is 0 Å². The molecule has 22 heavy (non-hydrogen) atoms. The minimum absolute atomic E-state index is 0.0687. The van der Waals surface area contributed by atoms with Crippen molar-refractivity contribution in [2.45, 2.75) is 37.2 Å². The summed E-state index contributed by atoms with van der Waals surface area (Å²) in [7, 11) is 0. The van der Waals surface area contributed by atoms with Crippen LogP contribution in [0.15, 0.2) is 29.2 Å². The Morgan fingerprint density at radius 3 is 2.73 bits per heavy atom. The molecule has 2 N–H and O–H groups in total. The summed E-state index contributed by atoms with van der Waals surface area (Å²) in [6.07, 6.45) is 4.36. The minimum atomic E-state index is -0.214. The van der Waals surface area contributed by atoms with E-state index in [9.17, 15) is 9.90 Å². The van der Waals surface area contributed by atoms with E-state index in [2.05, 4.69) is 10.2 Å². The number of nitrogens with one attached hydrogen (secondary N) is 1. The number of benzene rings is 1. The summed E-state index contributed by atoms with van der Waals surface area (Å²) in [5.74, 6) is 0.484. The lowest BCUT2D eigenvalue weighted by Crippen LogP contribution is -2.38. The molecule has 0 saturated carbocycles. The monoisotopic (exact) mass is 322 g/mol. The number of thioether (sulfide) groups is 1. The number of anilines is 1. The fourth-order valence-corrected chi connectivity index (χ4v) is 3.43. The third-order valence-corrected chi connectivity index (χ3v) is 5.15. The van der Waals surface area contributed by atoms with E-state index in [1.165, 1.54) is 0 Å². The predicted molar refractivity (Wildman–Crippen MR) is 92.3 cm³/mol. The number of rotatable bonds is 6. The first kappa shape index (κ1) is 17.3. The number of hydrogen-bond acceptors (Lipinski definition) is 4. The predicted octanol–water partition coefficient (Wildman–Crippen LogP) is 2.83. The Hall–Kier alpha value is -1.04. The molecule has 1 fully saturated rings. The van der Waals surface area contributed by atoms with Crippen LogP contribution in [0.1, 0.15) is 26.2 Å². The second kappa shape index (κ2) is 8.56. The van der Waals surface area contributed by atoms with Crippen molar-refractivity contribution >= 4 is 23.4 Å². The lowest BCUT2D eigenvalue weighted by atomic mass is 9.92. The van der Waals surface area contributed by atoms with Gasteiger partial charge < -0.3 is 15.3 Å². The Morgan fingerprint density at radius 1 is 1.41 bits per heavy atom. The molecule has 0 radical (unpaired) electrons. The summed E-state index contributed by atoms with van der Waals surface area (Å²) in [6.45, 7) is 4.62. The van der Waals surface area contributed by atoms with Crippen LogP contribution >= 0.6 is 11.8 Å². The van der Waals surface area contributed by atoms with Crippen LogP contribution in [0.25, 0.3) is 0 Å². The number of carbonyl (C=O) groups is 1. The van der Waals surface area contributed by atoms with Crippen molar-refractivity contribution in [3.8, 4) is 0 Å². The van der Waals surface area contributed by atoms with E-state index in [4.69, 9.17) is 0 Å². The van der Waals surface area contributed by atoms with Gasteiger partial charge in [0.15, 0.2) is 0 Å². The molecule has 1 aromatic rings. The largest absolute Gasteiger partial charge is 0.393 e. The van der Waals surface area contributed by atoms with Crippen molar-refractivity contribution in [1.29, 1.82) is 0 Å². The summed E-state index contributed by atoms with van der Waals surface area (Å²) < 4.78 is 0. The van der Waals surface area contributed by atoms with Gasteiger partial charge in [-0.05, 0) is 57.2 Å². The Bertz CT molecular complexity index is 485. The number of para-hydroxylation sites is 1. The number of likely N-dealkylation sites (tertiary alicyclic amines) is 1. The van der Waals surface area contributed by atoms with Crippen LogP contribution < -0.4 is 5.32 Å². The molecule has 0 bridgehead atoms. The quantitative estimate of drug-likeness (QED) is 0.791. The van der Waals surface area contributed by atoms with Gasteiger partial charge in [-0.3, -0.25) is 4.79 Å². The van der Waals surface area contributed by atoms with Crippen molar-refractivity contribution in [2.75, 3.05) is 31.2 Å². The maximum Gasteiger partial charge on any atom is 0.225 e. The molecule has 1 aromatic carbocycles. The van der Waals surface area contributed by atoms with Gasteiger partial charge in [0.05, 0.1) is 11.8 Å². The zero-order valence-corrected chi connectivity index (χ0v) is 14.2. The SMILES string of the molecule is CSc1ccccc1NC(=O)CCN1CCC(C(C)O)CC1. The van der Waals surface area contributed by atoms with Crippen LogP contribution in [0.3, 0.4) is 0 Å². The van der Waals surface area contributed by atoms with E-state index >= 15 is 0 Å². The Balaban J connectivity index is 1.74. The number of piperidine rings is 1. The van der Waals surface area contributed by atoms with Crippen LogP contribution in [-0.2, 0) is 4.79 Å². The highest BCUT2D eigenvalue weighted by atomic mass is 32.2. The highest BCUT2D eigenvalue weighted by molar-refractivity contribution is 7.98. The molecule has 1 atom stereocenters. The van der Waals surface area contributed by atoms with Crippen LogP contribution in [0.4, 0.5) is 5.69 Å². The number of hydrogen-bond donors (Lipinski definition) is 2. The summed E-state index contributed by atoms with van der Waals surface area (Å²) >= 11 is 1.64. The molecule has 4 nitrogen and oxygen atoms in total. The van der Waals surface area contributed by atoms with Gasteiger partial charge in [-0.1, -0.05) is 12.1 Å². The maximum absolute atomic E-state index is 12.1. The summed E-state index contributed by atoms with van der Waals surface area (Å²) in [6, 6.07) is 7.88. The van der Waals surface area contributed by atoms with Crippen molar-refractivity contribution in [2.24, 2.45) is 5.92 Å². The van der Waals surface area contributed by atoms with Gasteiger partial charge in [0.25, 0.3) is 0 Å². The second-order valence-corrected chi connectivity index (χ2v) is 6.77. The average molecular weight is 322 g/mol. The molecule has 1 aliphatic rings. The number of amides is 1. The van der Waals surface area contributed by atoms with Crippen LogP contribution in [0, 0.1) is 5.92 Å².